The van der Waals surface area contributed by atoms with Gasteiger partial charge >= 0.3 is 5.97 Å². The number of nitrogens with one attached hydrogen (secondary N) is 1. The van der Waals surface area contributed by atoms with Crippen LogP contribution in [-0.4, -0.2) is 30.3 Å². The Morgan fingerprint density at radius 3 is 2.95 bits per heavy atom. The molecule has 5 heteroatoms. The highest BCUT2D eigenvalue weighted by Gasteiger charge is 2.26. The number of ether oxygens (including phenoxy) is 1. The average molecular weight is 267 g/mol. The van der Waals surface area contributed by atoms with Gasteiger partial charge in [0.05, 0.1) is 11.7 Å². The number of benzene rings is 1. The van der Waals surface area contributed by atoms with Gasteiger partial charge in [-0.3, -0.25) is 0 Å². The summed E-state index contributed by atoms with van der Waals surface area (Å²) in [6.45, 7) is 0.515. The summed E-state index contributed by atoms with van der Waals surface area (Å²) in [4.78, 5) is 10.7. The highest BCUT2D eigenvalue weighted by Crippen LogP contribution is 2.22. The molecule has 0 spiro atoms. The molecule has 104 valence electrons. The molecule has 1 aromatic rings. The van der Waals surface area contributed by atoms with Crippen molar-refractivity contribution >= 4 is 5.97 Å². The average Bonchev–Trinajstić information content (AvgIpc) is 2.83. The molecular weight excluding hydrogens is 249 g/mol. The summed E-state index contributed by atoms with van der Waals surface area (Å²) < 4.78 is 18.9. The minimum Gasteiger partial charge on any atom is -0.478 e. The van der Waals surface area contributed by atoms with Gasteiger partial charge in [-0.2, -0.15) is 0 Å². The molecule has 1 saturated carbocycles. The molecule has 2 atom stereocenters. The van der Waals surface area contributed by atoms with E-state index in [9.17, 15) is 9.18 Å². The zero-order valence-corrected chi connectivity index (χ0v) is 10.9. The number of methoxy groups -OCH3 is 1. The van der Waals surface area contributed by atoms with E-state index < -0.39 is 11.8 Å². The number of carboxylic acid groups (broad SMARTS) is 1. The molecule has 0 aromatic heterocycles. The van der Waals surface area contributed by atoms with Crippen molar-refractivity contribution in [1.82, 2.24) is 5.32 Å². The molecule has 0 heterocycles. The molecule has 0 radical (unpaired) electrons. The summed E-state index contributed by atoms with van der Waals surface area (Å²) in [6.07, 6.45) is 3.43. The smallest absolute Gasteiger partial charge is 0.338 e. The van der Waals surface area contributed by atoms with Crippen LogP contribution in [0.5, 0.6) is 0 Å². The van der Waals surface area contributed by atoms with Gasteiger partial charge in [0.2, 0.25) is 0 Å². The van der Waals surface area contributed by atoms with Crippen LogP contribution in [0, 0.1) is 5.82 Å². The lowest BCUT2D eigenvalue weighted by atomic mass is 10.1. The summed E-state index contributed by atoms with van der Waals surface area (Å²) in [5.74, 6) is -1.94. The van der Waals surface area contributed by atoms with E-state index in [1.54, 1.807) is 13.2 Å². The number of rotatable bonds is 5. The second-order valence-electron chi connectivity index (χ2n) is 4.81. The number of carbonyl (C=O) groups is 1. The Kier molecular flexibility index (Phi) is 4.50. The zero-order chi connectivity index (χ0) is 13.8. The standard InChI is InChI=1S/C14H18FNO3/c1-19-13-4-2-3-12(13)16-8-9-5-6-10(14(17)18)11(15)7-9/h5-7,12-13,16H,2-4,8H2,1H3,(H,17,18). The van der Waals surface area contributed by atoms with Gasteiger partial charge in [-0.1, -0.05) is 6.07 Å². The molecule has 2 rings (SSSR count). The van der Waals surface area contributed by atoms with Gasteiger partial charge in [0.25, 0.3) is 0 Å². The molecule has 0 amide bonds. The van der Waals surface area contributed by atoms with Crippen LogP contribution in [-0.2, 0) is 11.3 Å². The summed E-state index contributed by atoms with van der Waals surface area (Å²) in [6, 6.07) is 4.49. The fourth-order valence-electron chi connectivity index (χ4n) is 2.53. The third-order valence-corrected chi connectivity index (χ3v) is 3.59. The zero-order valence-electron chi connectivity index (χ0n) is 10.9. The minimum atomic E-state index is -1.24. The highest BCUT2D eigenvalue weighted by atomic mass is 19.1. The summed E-state index contributed by atoms with van der Waals surface area (Å²) >= 11 is 0. The molecule has 0 aliphatic heterocycles. The van der Waals surface area contributed by atoms with Crippen LogP contribution < -0.4 is 5.32 Å². The Hall–Kier alpha value is -1.46. The van der Waals surface area contributed by atoms with E-state index in [2.05, 4.69) is 5.32 Å². The maximum Gasteiger partial charge on any atom is 0.338 e. The number of hydrogen-bond donors (Lipinski definition) is 2. The molecule has 2 unspecified atom stereocenters. The van der Waals surface area contributed by atoms with E-state index >= 15 is 0 Å². The highest BCUT2D eigenvalue weighted by molar-refractivity contribution is 5.87. The quantitative estimate of drug-likeness (QED) is 0.858. The van der Waals surface area contributed by atoms with Crippen LogP contribution >= 0.6 is 0 Å². The van der Waals surface area contributed by atoms with Crippen molar-refractivity contribution in [2.45, 2.75) is 38.0 Å². The van der Waals surface area contributed by atoms with Crippen molar-refractivity contribution in [2.24, 2.45) is 0 Å². The van der Waals surface area contributed by atoms with Crippen LogP contribution in [0.3, 0.4) is 0 Å². The lowest BCUT2D eigenvalue weighted by Gasteiger charge is -2.19. The lowest BCUT2D eigenvalue weighted by molar-refractivity contribution is 0.0692. The monoisotopic (exact) mass is 267 g/mol. The van der Waals surface area contributed by atoms with Gasteiger partial charge in [0, 0.05) is 19.7 Å². The van der Waals surface area contributed by atoms with E-state index in [-0.39, 0.29) is 17.7 Å². The first-order valence-electron chi connectivity index (χ1n) is 6.39. The second kappa shape index (κ2) is 6.12. The lowest BCUT2D eigenvalue weighted by Crippen LogP contribution is -2.36. The molecule has 1 aromatic carbocycles. The van der Waals surface area contributed by atoms with Crippen molar-refractivity contribution < 1.29 is 19.0 Å². The minimum absolute atomic E-state index is 0.211. The van der Waals surface area contributed by atoms with Crippen LogP contribution in [0.15, 0.2) is 18.2 Å². The molecule has 1 fully saturated rings. The number of halogens is 1. The fourth-order valence-corrected chi connectivity index (χ4v) is 2.53. The summed E-state index contributed by atoms with van der Waals surface area (Å²) in [5, 5.41) is 12.1. The third-order valence-electron chi connectivity index (χ3n) is 3.59. The predicted molar refractivity (Wildman–Crippen MR) is 68.6 cm³/mol. The molecule has 4 nitrogen and oxygen atoms in total. The molecule has 0 saturated heterocycles. The molecule has 0 bridgehead atoms. The van der Waals surface area contributed by atoms with Gasteiger partial charge in [0.15, 0.2) is 0 Å². The Balaban J connectivity index is 1.96. The van der Waals surface area contributed by atoms with Gasteiger partial charge in [-0.05, 0) is 37.0 Å². The van der Waals surface area contributed by atoms with E-state index in [4.69, 9.17) is 9.84 Å². The summed E-state index contributed by atoms with van der Waals surface area (Å²) in [7, 11) is 1.70. The number of hydrogen-bond acceptors (Lipinski definition) is 3. The maximum absolute atomic E-state index is 13.5. The predicted octanol–water partition coefficient (Wildman–Crippen LogP) is 2.18. The van der Waals surface area contributed by atoms with E-state index in [0.717, 1.165) is 24.8 Å². The van der Waals surface area contributed by atoms with Crippen LogP contribution in [0.4, 0.5) is 4.39 Å². The molecule has 1 aliphatic rings. The Morgan fingerprint density at radius 2 is 2.32 bits per heavy atom. The first-order chi connectivity index (χ1) is 9.11. The SMILES string of the molecule is COC1CCCC1NCc1ccc(C(=O)O)c(F)c1. The third kappa shape index (κ3) is 3.30. The first kappa shape index (κ1) is 14.0. The van der Waals surface area contributed by atoms with Crippen molar-refractivity contribution in [2.75, 3.05) is 7.11 Å². The first-order valence-corrected chi connectivity index (χ1v) is 6.39. The molecule has 1 aliphatic carbocycles. The van der Waals surface area contributed by atoms with Crippen molar-refractivity contribution in [3.8, 4) is 0 Å². The van der Waals surface area contributed by atoms with Crippen LogP contribution in [0.1, 0.15) is 35.2 Å². The maximum atomic E-state index is 13.5. The van der Waals surface area contributed by atoms with Crippen LogP contribution in [0.25, 0.3) is 0 Å². The van der Waals surface area contributed by atoms with Crippen molar-refractivity contribution in [3.05, 3.63) is 35.1 Å². The van der Waals surface area contributed by atoms with Gasteiger partial charge < -0.3 is 15.2 Å². The Morgan fingerprint density at radius 1 is 1.53 bits per heavy atom. The second-order valence-corrected chi connectivity index (χ2v) is 4.81. The van der Waals surface area contributed by atoms with Gasteiger partial charge in [-0.25, -0.2) is 9.18 Å². The van der Waals surface area contributed by atoms with Crippen LogP contribution in [0.2, 0.25) is 0 Å². The Bertz CT molecular complexity index is 464. The van der Waals surface area contributed by atoms with E-state index in [0.29, 0.717) is 6.54 Å². The normalized spacial score (nSPS) is 22.6. The molecule has 2 N–H and O–H groups in total. The van der Waals surface area contributed by atoms with E-state index in [1.165, 1.54) is 12.1 Å². The number of aromatic carboxylic acids is 1. The molecule has 19 heavy (non-hydrogen) atoms. The molecular formula is C14H18FNO3. The van der Waals surface area contributed by atoms with Crippen molar-refractivity contribution in [1.29, 1.82) is 0 Å². The van der Waals surface area contributed by atoms with E-state index in [1.807, 2.05) is 0 Å². The topological polar surface area (TPSA) is 58.6 Å². The van der Waals surface area contributed by atoms with Gasteiger partial charge in [-0.15, -0.1) is 0 Å². The fraction of sp³-hybridized carbons (Fsp3) is 0.500. The van der Waals surface area contributed by atoms with Gasteiger partial charge in [0.1, 0.15) is 5.82 Å². The van der Waals surface area contributed by atoms with Crippen molar-refractivity contribution in [3.63, 3.8) is 0 Å². The Labute approximate surface area is 111 Å². The largest absolute Gasteiger partial charge is 0.478 e. The number of carboxylic acids is 1. The summed E-state index contributed by atoms with van der Waals surface area (Å²) in [5.41, 5.74) is 0.448.